The first-order valence-electron chi connectivity index (χ1n) is 6.21. The van der Waals surface area contributed by atoms with Gasteiger partial charge in [0.25, 0.3) is 0 Å². The zero-order chi connectivity index (χ0) is 12.3. The molecule has 0 saturated heterocycles. The second-order valence-electron chi connectivity index (χ2n) is 3.67. The number of benzene rings is 1. The first-order valence-corrected chi connectivity index (χ1v) is 7.37. The van der Waals surface area contributed by atoms with Crippen molar-refractivity contribution in [1.29, 1.82) is 0 Å². The molecule has 0 N–H and O–H groups in total. The molecule has 3 heteroatoms. The van der Waals surface area contributed by atoms with Crippen LogP contribution in [0, 0.1) is 0 Å². The third-order valence-electron chi connectivity index (χ3n) is 2.31. The Kier molecular flexibility index (Phi) is 8.14. The molecule has 0 aliphatic carbocycles. The molecule has 1 rings (SSSR count). The van der Waals surface area contributed by atoms with E-state index in [1.807, 2.05) is 31.7 Å². The van der Waals surface area contributed by atoms with Gasteiger partial charge in [-0.15, -0.1) is 0 Å². The lowest BCUT2D eigenvalue weighted by Gasteiger charge is -2.16. The smallest absolute Gasteiger partial charge is 0.158 e. The largest absolute Gasteiger partial charge is 0.353 e. The Balaban J connectivity index is 2.13. The quantitative estimate of drug-likeness (QED) is 0.494. The summed E-state index contributed by atoms with van der Waals surface area (Å²) < 4.78 is 11.0. The Morgan fingerprint density at radius 2 is 1.71 bits per heavy atom. The number of rotatable bonds is 9. The van der Waals surface area contributed by atoms with Crippen LogP contribution in [-0.2, 0) is 15.2 Å². The molecule has 0 unspecified atom stereocenters. The third-order valence-corrected chi connectivity index (χ3v) is 3.38. The van der Waals surface area contributed by atoms with Crippen LogP contribution in [-0.4, -0.2) is 25.3 Å². The molecule has 2 nitrogen and oxygen atoms in total. The van der Waals surface area contributed by atoms with Gasteiger partial charge in [-0.2, -0.15) is 11.8 Å². The van der Waals surface area contributed by atoms with Crippen LogP contribution >= 0.6 is 11.8 Å². The molecule has 0 aliphatic heterocycles. The van der Waals surface area contributed by atoms with Gasteiger partial charge in [0.05, 0.1) is 0 Å². The summed E-state index contributed by atoms with van der Waals surface area (Å²) in [6.45, 7) is 5.44. The molecule has 17 heavy (non-hydrogen) atoms. The number of thioether (sulfide) groups is 1. The number of hydrogen-bond donors (Lipinski definition) is 0. The van der Waals surface area contributed by atoms with E-state index in [4.69, 9.17) is 9.47 Å². The SMILES string of the molecule is CCOC(CCSCc1ccccc1)OCC. The fourth-order valence-corrected chi connectivity index (χ4v) is 2.46. The highest BCUT2D eigenvalue weighted by molar-refractivity contribution is 7.98. The molecule has 0 fully saturated rings. The van der Waals surface area contributed by atoms with Crippen molar-refractivity contribution in [2.75, 3.05) is 19.0 Å². The van der Waals surface area contributed by atoms with Gasteiger partial charge in [-0.3, -0.25) is 0 Å². The summed E-state index contributed by atoms with van der Waals surface area (Å²) >= 11 is 1.93. The maximum absolute atomic E-state index is 5.50. The van der Waals surface area contributed by atoms with Crippen LogP contribution in [0.5, 0.6) is 0 Å². The maximum Gasteiger partial charge on any atom is 0.158 e. The van der Waals surface area contributed by atoms with E-state index in [2.05, 4.69) is 24.3 Å². The Morgan fingerprint density at radius 1 is 1.06 bits per heavy atom. The lowest BCUT2D eigenvalue weighted by molar-refractivity contribution is -0.136. The maximum atomic E-state index is 5.50. The van der Waals surface area contributed by atoms with E-state index in [1.165, 1.54) is 5.56 Å². The standard InChI is InChI=1S/C14H22O2S/c1-3-15-14(16-4-2)10-11-17-12-13-8-6-5-7-9-13/h5-9,14H,3-4,10-12H2,1-2H3. The van der Waals surface area contributed by atoms with E-state index in [-0.39, 0.29) is 6.29 Å². The van der Waals surface area contributed by atoms with Crippen LogP contribution in [0.25, 0.3) is 0 Å². The fraction of sp³-hybridized carbons (Fsp3) is 0.571. The summed E-state index contributed by atoms with van der Waals surface area (Å²) in [5.74, 6) is 2.13. The first kappa shape index (κ1) is 14.6. The van der Waals surface area contributed by atoms with Crippen LogP contribution in [0.15, 0.2) is 30.3 Å². The van der Waals surface area contributed by atoms with Crippen LogP contribution in [0.2, 0.25) is 0 Å². The van der Waals surface area contributed by atoms with Gasteiger partial charge in [-0.05, 0) is 25.2 Å². The van der Waals surface area contributed by atoms with Crippen LogP contribution < -0.4 is 0 Å². The van der Waals surface area contributed by atoms with Crippen molar-refractivity contribution < 1.29 is 9.47 Å². The van der Waals surface area contributed by atoms with Crippen molar-refractivity contribution in [3.05, 3.63) is 35.9 Å². The number of hydrogen-bond acceptors (Lipinski definition) is 3. The second kappa shape index (κ2) is 9.51. The van der Waals surface area contributed by atoms with Gasteiger partial charge in [-0.1, -0.05) is 30.3 Å². The van der Waals surface area contributed by atoms with E-state index >= 15 is 0 Å². The minimum Gasteiger partial charge on any atom is -0.353 e. The first-order chi connectivity index (χ1) is 8.36. The lowest BCUT2D eigenvalue weighted by atomic mass is 10.2. The summed E-state index contributed by atoms with van der Waals surface area (Å²) in [6.07, 6.45) is 0.924. The fourth-order valence-electron chi connectivity index (χ4n) is 1.53. The minimum absolute atomic E-state index is 0.0340. The molecule has 0 bridgehead atoms. The molecule has 0 saturated carbocycles. The van der Waals surface area contributed by atoms with Crippen LogP contribution in [0.4, 0.5) is 0 Å². The molecule has 96 valence electrons. The summed E-state index contributed by atoms with van der Waals surface area (Å²) in [4.78, 5) is 0. The lowest BCUT2D eigenvalue weighted by Crippen LogP contribution is -2.18. The molecule has 0 heterocycles. The van der Waals surface area contributed by atoms with E-state index in [0.29, 0.717) is 13.2 Å². The van der Waals surface area contributed by atoms with Gasteiger partial charge < -0.3 is 9.47 Å². The summed E-state index contributed by atoms with van der Waals surface area (Å²) in [7, 11) is 0. The summed E-state index contributed by atoms with van der Waals surface area (Å²) in [5.41, 5.74) is 1.38. The molecule has 0 spiro atoms. The highest BCUT2D eigenvalue weighted by Crippen LogP contribution is 2.14. The van der Waals surface area contributed by atoms with Crippen molar-refractivity contribution >= 4 is 11.8 Å². The summed E-state index contributed by atoms with van der Waals surface area (Å²) in [5, 5.41) is 0. The van der Waals surface area contributed by atoms with Crippen LogP contribution in [0.1, 0.15) is 25.8 Å². The summed E-state index contributed by atoms with van der Waals surface area (Å²) in [6, 6.07) is 10.5. The molecule has 1 aromatic rings. The molecule has 0 atom stereocenters. The molecule has 0 aromatic heterocycles. The topological polar surface area (TPSA) is 18.5 Å². The van der Waals surface area contributed by atoms with Crippen LogP contribution in [0.3, 0.4) is 0 Å². The Labute approximate surface area is 109 Å². The van der Waals surface area contributed by atoms with Crippen molar-refractivity contribution in [3.63, 3.8) is 0 Å². The Morgan fingerprint density at radius 3 is 2.29 bits per heavy atom. The molecule has 0 amide bonds. The average molecular weight is 254 g/mol. The van der Waals surface area contributed by atoms with Gasteiger partial charge in [0, 0.05) is 25.4 Å². The van der Waals surface area contributed by atoms with Gasteiger partial charge in [0.15, 0.2) is 6.29 Å². The minimum atomic E-state index is -0.0340. The number of ether oxygens (including phenoxy) is 2. The van der Waals surface area contributed by atoms with Gasteiger partial charge in [0.1, 0.15) is 0 Å². The monoisotopic (exact) mass is 254 g/mol. The Bertz CT molecular complexity index is 271. The normalized spacial score (nSPS) is 11.0. The van der Waals surface area contributed by atoms with Gasteiger partial charge in [-0.25, -0.2) is 0 Å². The zero-order valence-corrected chi connectivity index (χ0v) is 11.5. The van der Waals surface area contributed by atoms with Crippen molar-refractivity contribution in [3.8, 4) is 0 Å². The third kappa shape index (κ3) is 6.71. The molecule has 1 aromatic carbocycles. The van der Waals surface area contributed by atoms with E-state index in [0.717, 1.165) is 17.9 Å². The molecular weight excluding hydrogens is 232 g/mol. The average Bonchev–Trinajstić information content (AvgIpc) is 2.36. The van der Waals surface area contributed by atoms with Crippen molar-refractivity contribution in [1.82, 2.24) is 0 Å². The van der Waals surface area contributed by atoms with Gasteiger partial charge in [0.2, 0.25) is 0 Å². The highest BCUT2D eigenvalue weighted by atomic mass is 32.2. The molecule has 0 aliphatic rings. The highest BCUT2D eigenvalue weighted by Gasteiger charge is 2.07. The zero-order valence-electron chi connectivity index (χ0n) is 10.7. The van der Waals surface area contributed by atoms with E-state index < -0.39 is 0 Å². The van der Waals surface area contributed by atoms with Crippen molar-refractivity contribution in [2.45, 2.75) is 32.3 Å². The van der Waals surface area contributed by atoms with Gasteiger partial charge >= 0.3 is 0 Å². The van der Waals surface area contributed by atoms with E-state index in [1.54, 1.807) is 0 Å². The predicted molar refractivity (Wildman–Crippen MR) is 74.3 cm³/mol. The predicted octanol–water partition coefficient (Wildman–Crippen LogP) is 3.71. The Hall–Kier alpha value is -0.510. The molecular formula is C14H22O2S. The van der Waals surface area contributed by atoms with Crippen molar-refractivity contribution in [2.24, 2.45) is 0 Å². The molecule has 0 radical (unpaired) electrons. The van der Waals surface area contributed by atoms with E-state index in [9.17, 15) is 0 Å². The second-order valence-corrected chi connectivity index (χ2v) is 4.77.